The first-order chi connectivity index (χ1) is 17.6. The Kier molecular flexibility index (Phi) is 8.23. The Hall–Kier alpha value is -2.91. The summed E-state index contributed by atoms with van der Waals surface area (Å²) in [6.45, 7) is 1.57. The van der Waals surface area contributed by atoms with E-state index in [1.807, 2.05) is 42.5 Å². The largest absolute Gasteiger partial charge is 0.488 e. The average Bonchev–Trinajstić information content (AvgIpc) is 3.26. The fourth-order valence-electron chi connectivity index (χ4n) is 3.95. The SMILES string of the molecule is CON(C(=O)c1cn(C)nc1C(F)F)C(C)COc1c(Cl)cc2cc(-c3ccc(Cl)cc3)ccc2c1Cl. The van der Waals surface area contributed by atoms with Gasteiger partial charge in [-0.2, -0.15) is 5.10 Å². The molecule has 0 N–H and O–H groups in total. The summed E-state index contributed by atoms with van der Waals surface area (Å²) in [7, 11) is 2.72. The molecule has 1 amide bonds. The van der Waals surface area contributed by atoms with E-state index in [2.05, 4.69) is 5.10 Å². The first kappa shape index (κ1) is 27.1. The van der Waals surface area contributed by atoms with Gasteiger partial charge < -0.3 is 4.74 Å². The minimum absolute atomic E-state index is 0.0718. The third-order valence-corrected chi connectivity index (χ3v) is 6.63. The number of hydroxylamine groups is 2. The Labute approximate surface area is 227 Å². The number of carbonyl (C=O) groups is 1. The lowest BCUT2D eigenvalue weighted by molar-refractivity contribution is -0.126. The number of fused-ring (bicyclic) bond motifs is 1. The highest BCUT2D eigenvalue weighted by Gasteiger charge is 2.30. The van der Waals surface area contributed by atoms with Crippen molar-refractivity contribution in [2.75, 3.05) is 13.7 Å². The number of hydrogen-bond donors (Lipinski definition) is 0. The molecule has 1 atom stereocenters. The molecule has 4 aromatic rings. The number of aryl methyl sites for hydroxylation is 1. The maximum atomic E-state index is 13.3. The van der Waals surface area contributed by atoms with E-state index in [4.69, 9.17) is 44.4 Å². The third kappa shape index (κ3) is 5.67. The average molecular weight is 569 g/mol. The highest BCUT2D eigenvalue weighted by molar-refractivity contribution is 6.41. The fourth-order valence-corrected chi connectivity index (χ4v) is 4.72. The first-order valence-electron chi connectivity index (χ1n) is 11.1. The molecule has 1 aromatic heterocycles. The van der Waals surface area contributed by atoms with Crippen LogP contribution in [0.25, 0.3) is 21.9 Å². The molecule has 37 heavy (non-hydrogen) atoms. The molecule has 3 aromatic carbocycles. The van der Waals surface area contributed by atoms with Crippen LogP contribution < -0.4 is 4.74 Å². The number of amides is 1. The predicted molar refractivity (Wildman–Crippen MR) is 141 cm³/mol. The molecule has 1 heterocycles. The van der Waals surface area contributed by atoms with Crippen LogP contribution in [0.3, 0.4) is 0 Å². The molecular formula is C26H22Cl3F2N3O3. The van der Waals surface area contributed by atoms with Gasteiger partial charge in [0.15, 0.2) is 5.75 Å². The lowest BCUT2D eigenvalue weighted by atomic mass is 10.0. The Balaban J connectivity index is 1.55. The van der Waals surface area contributed by atoms with Crippen molar-refractivity contribution in [3.8, 4) is 16.9 Å². The number of hydrogen-bond acceptors (Lipinski definition) is 4. The monoisotopic (exact) mass is 567 g/mol. The van der Waals surface area contributed by atoms with E-state index in [1.165, 1.54) is 20.4 Å². The van der Waals surface area contributed by atoms with Crippen LogP contribution in [0.5, 0.6) is 5.75 Å². The number of rotatable bonds is 8. The van der Waals surface area contributed by atoms with E-state index in [9.17, 15) is 13.6 Å². The summed E-state index contributed by atoms with van der Waals surface area (Å²) < 4.78 is 33.7. The van der Waals surface area contributed by atoms with Crippen LogP contribution in [0.4, 0.5) is 8.78 Å². The summed E-state index contributed by atoms with van der Waals surface area (Å²) in [4.78, 5) is 18.1. The Bertz CT molecular complexity index is 1440. The quantitative estimate of drug-likeness (QED) is 0.205. The zero-order valence-corrected chi connectivity index (χ0v) is 22.3. The lowest BCUT2D eigenvalue weighted by Crippen LogP contribution is -2.41. The molecule has 0 saturated carbocycles. The van der Waals surface area contributed by atoms with Crippen LogP contribution in [0.1, 0.15) is 29.4 Å². The molecule has 0 aliphatic heterocycles. The number of aromatic nitrogens is 2. The molecular weight excluding hydrogens is 547 g/mol. The number of halogens is 5. The third-order valence-electron chi connectivity index (χ3n) is 5.72. The van der Waals surface area contributed by atoms with E-state index < -0.39 is 24.1 Å². The Morgan fingerprint density at radius 1 is 1.08 bits per heavy atom. The Morgan fingerprint density at radius 3 is 2.41 bits per heavy atom. The van der Waals surface area contributed by atoms with Gasteiger partial charge in [-0.15, -0.1) is 0 Å². The van der Waals surface area contributed by atoms with Crippen molar-refractivity contribution in [1.82, 2.24) is 14.8 Å². The van der Waals surface area contributed by atoms with Crippen LogP contribution in [0, 0.1) is 0 Å². The standard InChI is InChI=1S/C26H22Cl3F2N3O3/c1-14(34(36-3)26(35)20-12-33(2)32-23(20)25(30)31)13-37-24-21(28)11-17-10-16(6-9-19(17)22(24)29)15-4-7-18(27)8-5-15/h4-12,14,25H,13H2,1-3H3. The smallest absolute Gasteiger partial charge is 0.282 e. The van der Waals surface area contributed by atoms with Gasteiger partial charge >= 0.3 is 0 Å². The highest BCUT2D eigenvalue weighted by atomic mass is 35.5. The lowest BCUT2D eigenvalue weighted by Gasteiger charge is -2.27. The van der Waals surface area contributed by atoms with Crippen LogP contribution >= 0.6 is 34.8 Å². The first-order valence-corrected chi connectivity index (χ1v) is 12.2. The van der Waals surface area contributed by atoms with Gasteiger partial charge in [-0.25, -0.2) is 13.8 Å². The number of ether oxygens (including phenoxy) is 1. The summed E-state index contributed by atoms with van der Waals surface area (Å²) in [6.07, 6.45) is -1.69. The maximum absolute atomic E-state index is 13.3. The van der Waals surface area contributed by atoms with Gasteiger partial charge in [0.05, 0.1) is 28.8 Å². The van der Waals surface area contributed by atoms with Gasteiger partial charge in [0, 0.05) is 23.7 Å². The normalized spacial score (nSPS) is 12.2. The molecule has 0 aliphatic rings. The molecule has 194 valence electrons. The van der Waals surface area contributed by atoms with Crippen molar-refractivity contribution in [2.45, 2.75) is 19.4 Å². The maximum Gasteiger partial charge on any atom is 0.282 e. The molecule has 0 aliphatic carbocycles. The Morgan fingerprint density at radius 2 is 1.76 bits per heavy atom. The molecule has 0 bridgehead atoms. The van der Waals surface area contributed by atoms with E-state index in [0.29, 0.717) is 10.0 Å². The van der Waals surface area contributed by atoms with Crippen molar-refractivity contribution in [1.29, 1.82) is 0 Å². The van der Waals surface area contributed by atoms with E-state index in [0.717, 1.165) is 31.6 Å². The zero-order chi connectivity index (χ0) is 26.9. The van der Waals surface area contributed by atoms with Crippen molar-refractivity contribution in [3.63, 3.8) is 0 Å². The highest BCUT2D eigenvalue weighted by Crippen LogP contribution is 2.41. The van der Waals surface area contributed by atoms with Gasteiger partial charge in [-0.05, 0) is 47.7 Å². The molecule has 1 unspecified atom stereocenters. The number of nitrogens with zero attached hydrogens (tertiary/aromatic N) is 3. The van der Waals surface area contributed by atoms with Crippen LogP contribution in [0.15, 0.2) is 54.7 Å². The number of alkyl halides is 2. The van der Waals surface area contributed by atoms with Crippen LogP contribution in [0.2, 0.25) is 15.1 Å². The fraction of sp³-hybridized carbons (Fsp3) is 0.231. The van der Waals surface area contributed by atoms with E-state index in [-0.39, 0.29) is 22.9 Å². The zero-order valence-electron chi connectivity index (χ0n) is 20.0. The van der Waals surface area contributed by atoms with Crippen molar-refractivity contribution in [2.24, 2.45) is 7.05 Å². The van der Waals surface area contributed by atoms with Crippen molar-refractivity contribution >= 4 is 51.5 Å². The topological polar surface area (TPSA) is 56.6 Å². The van der Waals surface area contributed by atoms with Gasteiger partial charge in [-0.3, -0.25) is 14.3 Å². The molecule has 0 fully saturated rings. The minimum Gasteiger partial charge on any atom is -0.488 e. The minimum atomic E-state index is -2.92. The molecule has 0 spiro atoms. The van der Waals surface area contributed by atoms with Crippen LogP contribution in [-0.4, -0.2) is 40.5 Å². The van der Waals surface area contributed by atoms with Gasteiger partial charge in [0.2, 0.25) is 0 Å². The summed E-state index contributed by atoms with van der Waals surface area (Å²) in [5.74, 6) is -0.535. The molecule has 11 heteroatoms. The second kappa shape index (κ2) is 11.2. The molecule has 6 nitrogen and oxygen atoms in total. The molecule has 0 radical (unpaired) electrons. The number of carbonyl (C=O) groups excluding carboxylic acids is 1. The summed E-state index contributed by atoms with van der Waals surface area (Å²) in [5.41, 5.74) is 1.07. The van der Waals surface area contributed by atoms with E-state index >= 15 is 0 Å². The summed E-state index contributed by atoms with van der Waals surface area (Å²) >= 11 is 19.1. The van der Waals surface area contributed by atoms with Crippen molar-refractivity contribution < 1.29 is 23.1 Å². The summed E-state index contributed by atoms with van der Waals surface area (Å²) in [5, 5.41) is 7.39. The van der Waals surface area contributed by atoms with Crippen LogP contribution in [-0.2, 0) is 11.9 Å². The van der Waals surface area contributed by atoms with E-state index in [1.54, 1.807) is 13.0 Å². The second-order valence-corrected chi connectivity index (χ2v) is 9.54. The van der Waals surface area contributed by atoms with Crippen molar-refractivity contribution in [3.05, 3.63) is 81.1 Å². The van der Waals surface area contributed by atoms with Gasteiger partial charge in [0.1, 0.15) is 12.3 Å². The predicted octanol–water partition coefficient (Wildman–Crippen LogP) is 7.61. The summed E-state index contributed by atoms with van der Waals surface area (Å²) in [6, 6.07) is 14.3. The van der Waals surface area contributed by atoms with Gasteiger partial charge in [-0.1, -0.05) is 59.1 Å². The van der Waals surface area contributed by atoms with Gasteiger partial charge in [0.25, 0.3) is 12.3 Å². The second-order valence-electron chi connectivity index (χ2n) is 8.32. The number of benzene rings is 3. The molecule has 4 rings (SSSR count). The molecule has 0 saturated heterocycles.